The Kier molecular flexibility index (Phi) is 8.09. The van der Waals surface area contributed by atoms with Crippen LogP contribution in [0.4, 0.5) is 0 Å². The molecule has 1 aliphatic rings. The van der Waals surface area contributed by atoms with E-state index in [9.17, 15) is 0 Å². The van der Waals surface area contributed by atoms with E-state index in [0.717, 1.165) is 44.5 Å². The SMILES string of the molecule is CCNC(=NCc1cccc(CN2CCOC(C)C2)c1)NCc1ncc(C(C)(C)C)o1. The molecule has 0 saturated carbocycles. The topological polar surface area (TPSA) is 74.9 Å². The van der Waals surface area contributed by atoms with Crippen molar-refractivity contribution in [2.45, 2.75) is 65.8 Å². The minimum absolute atomic E-state index is 0.0475. The maximum atomic E-state index is 5.86. The Hall–Kier alpha value is -2.38. The fourth-order valence-electron chi connectivity index (χ4n) is 3.53. The van der Waals surface area contributed by atoms with E-state index >= 15 is 0 Å². The highest BCUT2D eigenvalue weighted by Gasteiger charge is 2.19. The molecule has 0 amide bonds. The highest BCUT2D eigenvalue weighted by Crippen LogP contribution is 2.22. The van der Waals surface area contributed by atoms with Crippen molar-refractivity contribution in [2.75, 3.05) is 26.2 Å². The number of aliphatic imine (C=N–C) groups is 1. The Morgan fingerprint density at radius 3 is 2.77 bits per heavy atom. The molecule has 1 unspecified atom stereocenters. The van der Waals surface area contributed by atoms with Crippen LogP contribution in [-0.2, 0) is 29.8 Å². The molecule has 3 rings (SSSR count). The van der Waals surface area contributed by atoms with Gasteiger partial charge in [-0.1, -0.05) is 45.0 Å². The van der Waals surface area contributed by atoms with Crippen LogP contribution in [0, 0.1) is 0 Å². The summed E-state index contributed by atoms with van der Waals surface area (Å²) in [6, 6.07) is 8.68. The van der Waals surface area contributed by atoms with Gasteiger partial charge in [-0.05, 0) is 25.0 Å². The highest BCUT2D eigenvalue weighted by molar-refractivity contribution is 5.79. The van der Waals surface area contributed by atoms with E-state index in [-0.39, 0.29) is 5.41 Å². The Balaban J connectivity index is 1.57. The van der Waals surface area contributed by atoms with Gasteiger partial charge in [-0.2, -0.15) is 0 Å². The number of rotatable bonds is 7. The lowest BCUT2D eigenvalue weighted by Crippen LogP contribution is -2.40. The van der Waals surface area contributed by atoms with Gasteiger partial charge in [0.2, 0.25) is 5.89 Å². The monoisotopic (exact) mass is 427 g/mol. The lowest BCUT2D eigenvalue weighted by Gasteiger charge is -2.31. The molecule has 2 heterocycles. The first-order valence-electron chi connectivity index (χ1n) is 11.2. The summed E-state index contributed by atoms with van der Waals surface area (Å²) in [5, 5.41) is 6.61. The van der Waals surface area contributed by atoms with Gasteiger partial charge in [0.15, 0.2) is 5.96 Å². The molecule has 1 fully saturated rings. The first-order valence-corrected chi connectivity index (χ1v) is 11.2. The standard InChI is InChI=1S/C24H37N5O2/c1-6-25-23(28-15-22-26-14-21(31-22)24(3,4)5)27-13-19-8-7-9-20(12-19)17-29-10-11-30-18(2)16-29/h7-9,12,14,18H,6,10-11,13,15-17H2,1-5H3,(H2,25,27,28). The molecule has 1 aromatic carbocycles. The normalized spacial score (nSPS) is 18.2. The third-order valence-corrected chi connectivity index (χ3v) is 5.19. The molecular weight excluding hydrogens is 390 g/mol. The van der Waals surface area contributed by atoms with Crippen molar-refractivity contribution >= 4 is 5.96 Å². The number of nitrogens with one attached hydrogen (secondary N) is 2. The molecule has 1 aromatic heterocycles. The third-order valence-electron chi connectivity index (χ3n) is 5.19. The quantitative estimate of drug-likeness (QED) is 0.521. The van der Waals surface area contributed by atoms with Crippen LogP contribution in [0.15, 0.2) is 39.9 Å². The maximum Gasteiger partial charge on any atom is 0.213 e. The average molecular weight is 428 g/mol. The summed E-state index contributed by atoms with van der Waals surface area (Å²) in [5.74, 6) is 2.31. The molecule has 0 spiro atoms. The van der Waals surface area contributed by atoms with Crippen molar-refractivity contribution in [3.63, 3.8) is 0 Å². The second-order valence-corrected chi connectivity index (χ2v) is 9.15. The molecule has 2 aromatic rings. The van der Waals surface area contributed by atoms with Crippen LogP contribution in [0.3, 0.4) is 0 Å². The van der Waals surface area contributed by atoms with E-state index in [2.05, 4.69) is 79.4 Å². The predicted octanol–water partition coefficient (Wildman–Crippen LogP) is 3.45. The lowest BCUT2D eigenvalue weighted by atomic mass is 9.94. The molecule has 0 aliphatic carbocycles. The van der Waals surface area contributed by atoms with Gasteiger partial charge in [-0.3, -0.25) is 4.90 Å². The van der Waals surface area contributed by atoms with E-state index in [1.54, 1.807) is 0 Å². The molecule has 31 heavy (non-hydrogen) atoms. The Bertz CT molecular complexity index is 856. The van der Waals surface area contributed by atoms with Crippen LogP contribution in [0.2, 0.25) is 0 Å². The van der Waals surface area contributed by atoms with Crippen LogP contribution >= 0.6 is 0 Å². The van der Waals surface area contributed by atoms with Crippen molar-refractivity contribution < 1.29 is 9.15 Å². The zero-order valence-electron chi connectivity index (χ0n) is 19.6. The zero-order chi connectivity index (χ0) is 22.3. The minimum atomic E-state index is -0.0475. The second-order valence-electron chi connectivity index (χ2n) is 9.15. The molecule has 170 valence electrons. The molecule has 2 N–H and O–H groups in total. The van der Waals surface area contributed by atoms with Gasteiger partial charge < -0.3 is 19.8 Å². The zero-order valence-corrected chi connectivity index (χ0v) is 19.6. The Morgan fingerprint density at radius 2 is 2.06 bits per heavy atom. The number of hydrogen-bond acceptors (Lipinski definition) is 5. The molecule has 7 nitrogen and oxygen atoms in total. The summed E-state index contributed by atoms with van der Waals surface area (Å²) in [6.07, 6.45) is 2.11. The fourth-order valence-corrected chi connectivity index (χ4v) is 3.53. The number of aromatic nitrogens is 1. The molecule has 1 atom stereocenters. The molecular formula is C24H37N5O2. The van der Waals surface area contributed by atoms with Crippen molar-refractivity contribution in [3.05, 3.63) is 53.2 Å². The molecule has 7 heteroatoms. The predicted molar refractivity (Wildman–Crippen MR) is 124 cm³/mol. The van der Waals surface area contributed by atoms with Crippen LogP contribution in [-0.4, -0.2) is 48.2 Å². The number of morpholine rings is 1. The fraction of sp³-hybridized carbons (Fsp3) is 0.583. The maximum absolute atomic E-state index is 5.86. The summed E-state index contributed by atoms with van der Waals surface area (Å²) in [7, 11) is 0. The number of nitrogens with zero attached hydrogens (tertiary/aromatic N) is 3. The van der Waals surface area contributed by atoms with Gasteiger partial charge in [0.25, 0.3) is 0 Å². The van der Waals surface area contributed by atoms with Crippen LogP contribution in [0.25, 0.3) is 0 Å². The van der Waals surface area contributed by atoms with Crippen molar-refractivity contribution in [1.29, 1.82) is 0 Å². The van der Waals surface area contributed by atoms with Gasteiger partial charge in [0.1, 0.15) is 5.76 Å². The summed E-state index contributed by atoms with van der Waals surface area (Å²) in [6.45, 7) is 16.2. The van der Waals surface area contributed by atoms with Gasteiger partial charge in [-0.15, -0.1) is 0 Å². The summed E-state index contributed by atoms with van der Waals surface area (Å²) in [4.78, 5) is 11.6. The van der Waals surface area contributed by atoms with Crippen LogP contribution < -0.4 is 10.6 Å². The van der Waals surface area contributed by atoms with E-state index in [1.165, 1.54) is 11.1 Å². The summed E-state index contributed by atoms with van der Waals surface area (Å²) >= 11 is 0. The van der Waals surface area contributed by atoms with Crippen LogP contribution in [0.5, 0.6) is 0 Å². The van der Waals surface area contributed by atoms with Crippen LogP contribution in [0.1, 0.15) is 57.4 Å². The van der Waals surface area contributed by atoms with Crippen molar-refractivity contribution in [1.82, 2.24) is 20.5 Å². The molecule has 1 aliphatic heterocycles. The van der Waals surface area contributed by atoms with Gasteiger partial charge in [0.05, 0.1) is 32.0 Å². The number of oxazole rings is 1. The van der Waals surface area contributed by atoms with Gasteiger partial charge in [-0.25, -0.2) is 9.98 Å². The highest BCUT2D eigenvalue weighted by atomic mass is 16.5. The first-order chi connectivity index (χ1) is 14.8. The summed E-state index contributed by atoms with van der Waals surface area (Å²) in [5.41, 5.74) is 2.46. The number of ether oxygens (including phenoxy) is 1. The van der Waals surface area contributed by atoms with E-state index in [1.807, 2.05) is 6.20 Å². The Morgan fingerprint density at radius 1 is 1.26 bits per heavy atom. The van der Waals surface area contributed by atoms with E-state index in [4.69, 9.17) is 14.1 Å². The average Bonchev–Trinajstić information content (AvgIpc) is 3.20. The smallest absolute Gasteiger partial charge is 0.213 e. The minimum Gasteiger partial charge on any atom is -0.443 e. The summed E-state index contributed by atoms with van der Waals surface area (Å²) < 4.78 is 11.5. The molecule has 1 saturated heterocycles. The lowest BCUT2D eigenvalue weighted by molar-refractivity contribution is -0.0212. The van der Waals surface area contributed by atoms with Gasteiger partial charge >= 0.3 is 0 Å². The van der Waals surface area contributed by atoms with Gasteiger partial charge in [0, 0.05) is 31.6 Å². The Labute approximate surface area is 186 Å². The van der Waals surface area contributed by atoms with E-state index < -0.39 is 0 Å². The first kappa shape index (κ1) is 23.3. The number of guanidine groups is 1. The third kappa shape index (κ3) is 7.36. The van der Waals surface area contributed by atoms with E-state index in [0.29, 0.717) is 25.1 Å². The van der Waals surface area contributed by atoms with Crippen molar-refractivity contribution in [3.8, 4) is 0 Å². The largest absolute Gasteiger partial charge is 0.443 e. The second kappa shape index (κ2) is 10.8. The number of benzene rings is 1. The molecule has 0 bridgehead atoms. The van der Waals surface area contributed by atoms with Crippen molar-refractivity contribution in [2.24, 2.45) is 4.99 Å². The molecule has 0 radical (unpaired) electrons. The number of hydrogen-bond donors (Lipinski definition) is 2.